The third-order valence-electron chi connectivity index (χ3n) is 1.60. The van der Waals surface area contributed by atoms with Crippen LogP contribution in [0, 0.1) is 0 Å². The second-order valence-corrected chi connectivity index (χ2v) is 3.40. The van der Waals surface area contributed by atoms with Crippen molar-refractivity contribution in [2.24, 2.45) is 0 Å². The van der Waals surface area contributed by atoms with E-state index in [0.29, 0.717) is 10.7 Å². The molecule has 15 heavy (non-hydrogen) atoms. The Morgan fingerprint density at radius 1 is 1.40 bits per heavy atom. The molecule has 0 unspecified atom stereocenters. The van der Waals surface area contributed by atoms with Crippen molar-refractivity contribution in [3.8, 4) is 10.7 Å². The van der Waals surface area contributed by atoms with E-state index in [1.54, 1.807) is 18.3 Å². The van der Waals surface area contributed by atoms with Gasteiger partial charge in [-0.15, -0.1) is 11.3 Å². The molecule has 0 aliphatic rings. The van der Waals surface area contributed by atoms with Crippen LogP contribution >= 0.6 is 11.3 Å². The van der Waals surface area contributed by atoms with Crippen LogP contribution in [0.2, 0.25) is 0 Å². The molecule has 0 aliphatic carbocycles. The molecule has 0 saturated carbocycles. The summed E-state index contributed by atoms with van der Waals surface area (Å²) in [7, 11) is 0. The van der Waals surface area contributed by atoms with E-state index in [1.807, 2.05) is 6.07 Å². The fourth-order valence-electron chi connectivity index (χ4n) is 0.974. The number of aromatic carboxylic acids is 1. The van der Waals surface area contributed by atoms with Crippen LogP contribution in [-0.2, 0) is 0 Å². The van der Waals surface area contributed by atoms with E-state index in [1.165, 1.54) is 16.7 Å². The first-order valence-corrected chi connectivity index (χ1v) is 4.73. The number of carboxylic acid groups (broad SMARTS) is 1. The van der Waals surface area contributed by atoms with Gasteiger partial charge in [0, 0.05) is 11.6 Å². The summed E-state index contributed by atoms with van der Waals surface area (Å²) >= 11 is 1.24. The van der Waals surface area contributed by atoms with Crippen LogP contribution in [0.15, 0.2) is 29.8 Å². The number of aromatic nitrogens is 2. The van der Waals surface area contributed by atoms with Crippen LogP contribution in [0.3, 0.4) is 0 Å². The average molecular weight is 228 g/mol. The molecule has 70 valence electrons. The molecule has 0 aliphatic heterocycles. The van der Waals surface area contributed by atoms with Gasteiger partial charge in [0.1, 0.15) is 5.01 Å². The zero-order chi connectivity index (χ0) is 9.97. The van der Waals surface area contributed by atoms with Crippen LogP contribution < -0.4 is 34.7 Å². The van der Waals surface area contributed by atoms with E-state index in [0.717, 1.165) is 0 Å². The summed E-state index contributed by atoms with van der Waals surface area (Å²) in [6, 6.07) is 5.39. The predicted molar refractivity (Wildman–Crippen MR) is 49.7 cm³/mol. The zero-order valence-electron chi connectivity index (χ0n) is 8.01. The van der Waals surface area contributed by atoms with Crippen molar-refractivity contribution < 1.29 is 39.5 Å². The minimum atomic E-state index is -1.26. The first-order valence-electron chi connectivity index (χ1n) is 3.85. The maximum Gasteiger partial charge on any atom is 1.00 e. The van der Waals surface area contributed by atoms with Gasteiger partial charge in [0.2, 0.25) is 0 Å². The quantitative estimate of drug-likeness (QED) is 0.536. The van der Waals surface area contributed by atoms with Gasteiger partial charge >= 0.3 is 29.6 Å². The van der Waals surface area contributed by atoms with Gasteiger partial charge in [0.05, 0.1) is 17.4 Å². The molecular formula is C9H5N2NaO2S. The summed E-state index contributed by atoms with van der Waals surface area (Å²) in [6.45, 7) is 0. The van der Waals surface area contributed by atoms with Crippen molar-refractivity contribution in [1.29, 1.82) is 0 Å². The van der Waals surface area contributed by atoms with E-state index < -0.39 is 5.97 Å². The number of rotatable bonds is 2. The third-order valence-corrected chi connectivity index (χ3v) is 2.46. The molecule has 0 bridgehead atoms. The van der Waals surface area contributed by atoms with Crippen molar-refractivity contribution in [1.82, 2.24) is 9.97 Å². The minimum Gasteiger partial charge on any atom is -0.543 e. The van der Waals surface area contributed by atoms with Gasteiger partial charge in [-0.05, 0) is 12.1 Å². The average Bonchev–Trinajstić information content (AvgIpc) is 2.68. The Hall–Kier alpha value is -0.750. The number of carbonyl (C=O) groups excluding carboxylic acids is 1. The number of pyridine rings is 1. The van der Waals surface area contributed by atoms with Crippen LogP contribution in [0.5, 0.6) is 0 Å². The SMILES string of the molecule is O=C([O-])c1csc(-c2ccccn2)n1.[Na+]. The Kier molecular flexibility index (Phi) is 4.41. The van der Waals surface area contributed by atoms with Gasteiger partial charge in [-0.3, -0.25) is 4.98 Å². The Balaban J connectivity index is 0.00000112. The summed E-state index contributed by atoms with van der Waals surface area (Å²) < 4.78 is 0. The molecule has 0 saturated heterocycles. The summed E-state index contributed by atoms with van der Waals surface area (Å²) in [5.74, 6) is -1.26. The molecule has 0 N–H and O–H groups in total. The Morgan fingerprint density at radius 2 is 2.20 bits per heavy atom. The predicted octanol–water partition coefficient (Wildman–Crippen LogP) is -2.43. The fraction of sp³-hybridized carbons (Fsp3) is 0. The molecule has 2 heterocycles. The van der Waals surface area contributed by atoms with Crippen LogP contribution in [-0.4, -0.2) is 15.9 Å². The van der Waals surface area contributed by atoms with Crippen LogP contribution in [0.4, 0.5) is 0 Å². The zero-order valence-corrected chi connectivity index (χ0v) is 10.8. The molecule has 0 spiro atoms. The van der Waals surface area contributed by atoms with Gasteiger partial charge in [-0.2, -0.15) is 0 Å². The number of thiazole rings is 1. The molecule has 4 nitrogen and oxygen atoms in total. The second-order valence-electron chi connectivity index (χ2n) is 2.54. The van der Waals surface area contributed by atoms with Crippen molar-refractivity contribution in [2.45, 2.75) is 0 Å². The van der Waals surface area contributed by atoms with E-state index in [9.17, 15) is 9.90 Å². The first-order chi connectivity index (χ1) is 6.77. The van der Waals surface area contributed by atoms with Gasteiger partial charge in [-0.25, -0.2) is 4.98 Å². The molecular weight excluding hydrogens is 223 g/mol. The van der Waals surface area contributed by atoms with Crippen LogP contribution in [0.1, 0.15) is 10.5 Å². The topological polar surface area (TPSA) is 65.9 Å². The van der Waals surface area contributed by atoms with E-state index in [2.05, 4.69) is 9.97 Å². The molecule has 0 amide bonds. The largest absolute Gasteiger partial charge is 1.00 e. The first kappa shape index (κ1) is 12.3. The van der Waals surface area contributed by atoms with E-state index in [-0.39, 0.29) is 35.3 Å². The Labute approximate surface area is 112 Å². The molecule has 0 aromatic carbocycles. The van der Waals surface area contributed by atoms with Gasteiger partial charge in [0.25, 0.3) is 0 Å². The summed E-state index contributed by atoms with van der Waals surface area (Å²) in [5.41, 5.74) is 0.626. The molecule has 2 aromatic heterocycles. The number of hydrogen-bond acceptors (Lipinski definition) is 5. The van der Waals surface area contributed by atoms with Gasteiger partial charge in [-0.1, -0.05) is 6.07 Å². The maximum absolute atomic E-state index is 10.5. The van der Waals surface area contributed by atoms with Crippen molar-refractivity contribution in [2.75, 3.05) is 0 Å². The molecule has 0 fully saturated rings. The summed E-state index contributed by atoms with van der Waals surface area (Å²) in [5, 5.41) is 12.5. The second kappa shape index (κ2) is 5.37. The smallest absolute Gasteiger partial charge is 0.543 e. The van der Waals surface area contributed by atoms with Crippen LogP contribution in [0.25, 0.3) is 10.7 Å². The molecule has 0 radical (unpaired) electrons. The summed E-state index contributed by atoms with van der Waals surface area (Å²) in [4.78, 5) is 18.4. The molecule has 0 atom stereocenters. The number of nitrogens with zero attached hydrogens (tertiary/aromatic N) is 2. The van der Waals surface area contributed by atoms with Crippen molar-refractivity contribution in [3.63, 3.8) is 0 Å². The normalized spacial score (nSPS) is 9.33. The molecule has 2 aromatic rings. The third kappa shape index (κ3) is 2.85. The van der Waals surface area contributed by atoms with Gasteiger partial charge < -0.3 is 9.90 Å². The maximum atomic E-state index is 10.5. The molecule has 2 rings (SSSR count). The number of hydrogen-bond donors (Lipinski definition) is 0. The Bertz CT molecular complexity index is 458. The fourth-order valence-corrected chi connectivity index (χ4v) is 1.74. The monoisotopic (exact) mass is 228 g/mol. The van der Waals surface area contributed by atoms with Gasteiger partial charge in [0.15, 0.2) is 0 Å². The van der Waals surface area contributed by atoms with Crippen molar-refractivity contribution in [3.05, 3.63) is 35.5 Å². The standard InChI is InChI=1S/C9H6N2O2S.Na/c12-9(13)7-5-14-8(11-7)6-3-1-2-4-10-6;/h1-5H,(H,12,13);/q;+1/p-1. The minimum absolute atomic E-state index is 0. The van der Waals surface area contributed by atoms with Crippen molar-refractivity contribution >= 4 is 17.3 Å². The van der Waals surface area contributed by atoms with E-state index in [4.69, 9.17) is 0 Å². The van der Waals surface area contributed by atoms with E-state index >= 15 is 0 Å². The number of carbonyl (C=O) groups is 1. The number of carboxylic acids is 1. The molecule has 6 heteroatoms. The Morgan fingerprint density at radius 3 is 2.73 bits per heavy atom. The summed E-state index contributed by atoms with van der Waals surface area (Å²) in [6.07, 6.45) is 1.63.